The van der Waals surface area contributed by atoms with Crippen molar-refractivity contribution in [3.05, 3.63) is 65.0 Å². The molecule has 1 aliphatic heterocycles. The van der Waals surface area contributed by atoms with Crippen molar-refractivity contribution in [1.29, 1.82) is 0 Å². The first-order valence-electron chi connectivity index (χ1n) is 10.9. The van der Waals surface area contributed by atoms with E-state index in [1.54, 1.807) is 4.90 Å². The average Bonchev–Trinajstić information content (AvgIpc) is 3.45. The van der Waals surface area contributed by atoms with Crippen molar-refractivity contribution in [2.24, 2.45) is 5.92 Å². The third-order valence-corrected chi connectivity index (χ3v) is 6.44. The lowest BCUT2D eigenvalue weighted by molar-refractivity contribution is -0.122. The van der Waals surface area contributed by atoms with Gasteiger partial charge in [-0.15, -0.1) is 11.3 Å². The predicted molar refractivity (Wildman–Crippen MR) is 130 cm³/mol. The van der Waals surface area contributed by atoms with E-state index >= 15 is 0 Å². The van der Waals surface area contributed by atoms with Crippen LogP contribution in [0.15, 0.2) is 53.9 Å². The zero-order valence-electron chi connectivity index (χ0n) is 18.6. The molecular formula is C25H26N4O3S. The fourth-order valence-corrected chi connectivity index (χ4v) is 4.46. The van der Waals surface area contributed by atoms with Crippen LogP contribution in [0.4, 0.5) is 10.8 Å². The van der Waals surface area contributed by atoms with Crippen LogP contribution in [0.5, 0.6) is 0 Å². The van der Waals surface area contributed by atoms with E-state index in [2.05, 4.69) is 22.5 Å². The van der Waals surface area contributed by atoms with Gasteiger partial charge in [0.05, 0.1) is 11.6 Å². The van der Waals surface area contributed by atoms with Crippen LogP contribution in [0, 0.1) is 5.92 Å². The number of carbonyl (C=O) groups is 3. The highest BCUT2D eigenvalue weighted by atomic mass is 32.1. The van der Waals surface area contributed by atoms with Crippen LogP contribution in [-0.4, -0.2) is 29.3 Å². The molecule has 1 aliphatic rings. The quantitative estimate of drug-likeness (QED) is 0.555. The Kier molecular flexibility index (Phi) is 6.84. The molecule has 4 rings (SSSR count). The molecule has 0 aliphatic carbocycles. The van der Waals surface area contributed by atoms with Gasteiger partial charge in [0.2, 0.25) is 17.7 Å². The molecule has 0 saturated carbocycles. The van der Waals surface area contributed by atoms with E-state index in [0.29, 0.717) is 18.2 Å². The molecule has 33 heavy (non-hydrogen) atoms. The molecule has 7 nitrogen and oxygen atoms in total. The Balaban J connectivity index is 1.36. The normalized spacial score (nSPS) is 15.5. The van der Waals surface area contributed by atoms with Gasteiger partial charge in [0.1, 0.15) is 0 Å². The number of rotatable bonds is 7. The summed E-state index contributed by atoms with van der Waals surface area (Å²) in [5.41, 5.74) is 4.72. The van der Waals surface area contributed by atoms with Crippen molar-refractivity contribution in [1.82, 2.24) is 10.3 Å². The Morgan fingerprint density at radius 3 is 2.45 bits per heavy atom. The fourth-order valence-electron chi connectivity index (χ4n) is 3.74. The molecule has 1 atom stereocenters. The van der Waals surface area contributed by atoms with Gasteiger partial charge in [-0.2, -0.15) is 0 Å². The van der Waals surface area contributed by atoms with Gasteiger partial charge >= 0.3 is 0 Å². The Morgan fingerprint density at radius 2 is 1.79 bits per heavy atom. The molecule has 1 fully saturated rings. The summed E-state index contributed by atoms with van der Waals surface area (Å²) in [4.78, 5) is 42.6. The highest BCUT2D eigenvalue weighted by molar-refractivity contribution is 7.14. The van der Waals surface area contributed by atoms with E-state index in [0.717, 1.165) is 28.9 Å². The maximum absolute atomic E-state index is 12.8. The number of aryl methyl sites for hydroxylation is 1. The number of aromatic nitrogens is 1. The maximum atomic E-state index is 12.8. The summed E-state index contributed by atoms with van der Waals surface area (Å²) in [6.45, 7) is 4.42. The summed E-state index contributed by atoms with van der Waals surface area (Å²) in [6, 6.07) is 15.7. The summed E-state index contributed by atoms with van der Waals surface area (Å²) in [7, 11) is 0. The summed E-state index contributed by atoms with van der Waals surface area (Å²) in [6.07, 6.45) is 1.13. The minimum atomic E-state index is -0.413. The molecule has 0 radical (unpaired) electrons. The van der Waals surface area contributed by atoms with Gasteiger partial charge in [-0.25, -0.2) is 4.98 Å². The zero-order chi connectivity index (χ0) is 23.4. The molecule has 1 aromatic heterocycles. The van der Waals surface area contributed by atoms with Crippen LogP contribution in [0.25, 0.3) is 11.3 Å². The van der Waals surface area contributed by atoms with Gasteiger partial charge in [0.25, 0.3) is 0 Å². The number of nitrogens with zero attached hydrogens (tertiary/aromatic N) is 2. The molecular weight excluding hydrogens is 436 g/mol. The Bertz CT molecular complexity index is 1160. The van der Waals surface area contributed by atoms with E-state index in [1.807, 2.05) is 53.9 Å². The molecule has 170 valence electrons. The topological polar surface area (TPSA) is 91.4 Å². The van der Waals surface area contributed by atoms with Crippen molar-refractivity contribution in [2.75, 3.05) is 16.8 Å². The summed E-state index contributed by atoms with van der Waals surface area (Å²) in [5, 5.41) is 8.04. The van der Waals surface area contributed by atoms with Crippen molar-refractivity contribution in [2.45, 2.75) is 33.2 Å². The number of thiazole rings is 1. The molecule has 2 aromatic carbocycles. The van der Waals surface area contributed by atoms with Crippen LogP contribution in [0.2, 0.25) is 0 Å². The summed E-state index contributed by atoms with van der Waals surface area (Å²) < 4.78 is 0. The van der Waals surface area contributed by atoms with E-state index in [4.69, 9.17) is 0 Å². The first-order valence-corrected chi connectivity index (χ1v) is 11.8. The SMILES string of the molecule is CCc1ccc(N2C[C@H](C(=O)Nc3nc(-c4ccc(CNC(C)=O)cc4)cs3)CC2=O)cc1. The second-order valence-corrected chi connectivity index (χ2v) is 8.92. The van der Waals surface area contributed by atoms with Gasteiger partial charge < -0.3 is 15.5 Å². The second-order valence-electron chi connectivity index (χ2n) is 8.06. The molecule has 1 saturated heterocycles. The van der Waals surface area contributed by atoms with E-state index in [9.17, 15) is 14.4 Å². The van der Waals surface area contributed by atoms with Crippen LogP contribution in [-0.2, 0) is 27.3 Å². The van der Waals surface area contributed by atoms with Gasteiger partial charge in [-0.1, -0.05) is 43.3 Å². The Hall–Kier alpha value is -3.52. The van der Waals surface area contributed by atoms with Crippen molar-refractivity contribution in [3.63, 3.8) is 0 Å². The maximum Gasteiger partial charge on any atom is 0.231 e. The minimum absolute atomic E-state index is 0.0430. The Morgan fingerprint density at radius 1 is 1.09 bits per heavy atom. The number of amides is 3. The first kappa shape index (κ1) is 22.7. The highest BCUT2D eigenvalue weighted by Gasteiger charge is 2.35. The van der Waals surface area contributed by atoms with Gasteiger partial charge in [0.15, 0.2) is 5.13 Å². The number of benzene rings is 2. The van der Waals surface area contributed by atoms with E-state index in [-0.39, 0.29) is 24.1 Å². The number of anilines is 2. The number of nitrogens with one attached hydrogen (secondary N) is 2. The Labute approximate surface area is 196 Å². The lowest BCUT2D eigenvalue weighted by Crippen LogP contribution is -2.28. The predicted octanol–water partition coefficient (Wildman–Crippen LogP) is 4.00. The smallest absolute Gasteiger partial charge is 0.231 e. The number of hydrogen-bond acceptors (Lipinski definition) is 5. The number of hydrogen-bond donors (Lipinski definition) is 2. The number of carbonyl (C=O) groups excluding carboxylic acids is 3. The third kappa shape index (κ3) is 5.46. The molecule has 0 unspecified atom stereocenters. The minimum Gasteiger partial charge on any atom is -0.352 e. The van der Waals surface area contributed by atoms with Gasteiger partial charge in [-0.3, -0.25) is 14.4 Å². The molecule has 3 amide bonds. The van der Waals surface area contributed by atoms with Crippen LogP contribution in [0.3, 0.4) is 0 Å². The average molecular weight is 463 g/mol. The van der Waals surface area contributed by atoms with E-state index < -0.39 is 5.92 Å². The van der Waals surface area contributed by atoms with Crippen molar-refractivity contribution >= 4 is 39.9 Å². The fraction of sp³-hybridized carbons (Fsp3) is 0.280. The monoisotopic (exact) mass is 462 g/mol. The lowest BCUT2D eigenvalue weighted by atomic mass is 10.1. The van der Waals surface area contributed by atoms with Crippen molar-refractivity contribution in [3.8, 4) is 11.3 Å². The molecule has 2 N–H and O–H groups in total. The third-order valence-electron chi connectivity index (χ3n) is 5.68. The first-order chi connectivity index (χ1) is 15.9. The molecule has 8 heteroatoms. The van der Waals surface area contributed by atoms with Gasteiger partial charge in [-0.05, 0) is 29.7 Å². The summed E-state index contributed by atoms with van der Waals surface area (Å²) in [5.74, 6) is -0.717. The zero-order valence-corrected chi connectivity index (χ0v) is 19.4. The molecule has 3 aromatic rings. The van der Waals surface area contributed by atoms with Gasteiger partial charge in [0, 0.05) is 43.1 Å². The standard InChI is InChI=1S/C25H26N4O3S/c1-3-17-6-10-21(11-7-17)29-14-20(12-23(29)31)24(32)28-25-27-22(15-33-25)19-8-4-18(5-9-19)13-26-16(2)30/h4-11,15,20H,3,12-14H2,1-2H3,(H,26,30)(H,27,28,32)/t20-/m1/s1. The highest BCUT2D eigenvalue weighted by Crippen LogP contribution is 2.29. The van der Waals surface area contributed by atoms with Crippen LogP contribution >= 0.6 is 11.3 Å². The molecule has 0 spiro atoms. The van der Waals surface area contributed by atoms with Crippen molar-refractivity contribution < 1.29 is 14.4 Å². The molecule has 0 bridgehead atoms. The molecule has 2 heterocycles. The second kappa shape index (κ2) is 9.95. The largest absolute Gasteiger partial charge is 0.352 e. The summed E-state index contributed by atoms with van der Waals surface area (Å²) >= 11 is 1.35. The van der Waals surface area contributed by atoms with Crippen LogP contribution in [0.1, 0.15) is 31.4 Å². The van der Waals surface area contributed by atoms with Crippen LogP contribution < -0.4 is 15.5 Å². The van der Waals surface area contributed by atoms with E-state index in [1.165, 1.54) is 23.8 Å². The lowest BCUT2D eigenvalue weighted by Gasteiger charge is -2.17.